The Morgan fingerprint density at radius 2 is 1.77 bits per heavy atom. The normalized spacial score (nSPS) is 15.8. The van der Waals surface area contributed by atoms with Gasteiger partial charge in [0.15, 0.2) is 0 Å². The van der Waals surface area contributed by atoms with Crippen LogP contribution in [0.1, 0.15) is 29.5 Å². The summed E-state index contributed by atoms with van der Waals surface area (Å²) in [7, 11) is 0. The number of nitrogens with zero attached hydrogens (tertiary/aromatic N) is 1. The highest BCUT2D eigenvalue weighted by Crippen LogP contribution is 2.28. The van der Waals surface area contributed by atoms with Gasteiger partial charge in [-0.3, -0.25) is 9.69 Å². The number of hydrogen-bond donors (Lipinski definition) is 1. The SMILES string of the molecule is Cc1ccc(C)c(NC(=O)C2CCN(Cc3c(Cl)cccc3Cl)CC2)c1. The highest BCUT2D eigenvalue weighted by atomic mass is 35.5. The smallest absolute Gasteiger partial charge is 0.227 e. The summed E-state index contributed by atoms with van der Waals surface area (Å²) >= 11 is 12.5. The molecule has 5 heteroatoms. The number of carbonyl (C=O) groups is 1. The second-order valence-electron chi connectivity index (χ2n) is 7.06. The molecular formula is C21H24Cl2N2O. The van der Waals surface area contributed by atoms with Crippen molar-refractivity contribution >= 4 is 34.8 Å². The molecule has 0 bridgehead atoms. The lowest BCUT2D eigenvalue weighted by Gasteiger charge is -2.31. The number of nitrogens with one attached hydrogen (secondary N) is 1. The Hall–Kier alpha value is -1.55. The van der Waals surface area contributed by atoms with Crippen molar-refractivity contribution in [1.29, 1.82) is 0 Å². The van der Waals surface area contributed by atoms with Gasteiger partial charge >= 0.3 is 0 Å². The van der Waals surface area contributed by atoms with Gasteiger partial charge in [0.2, 0.25) is 5.91 Å². The van der Waals surface area contributed by atoms with E-state index in [-0.39, 0.29) is 11.8 Å². The van der Waals surface area contributed by atoms with Gasteiger partial charge < -0.3 is 5.32 Å². The average Bonchev–Trinajstić information content (AvgIpc) is 2.62. The summed E-state index contributed by atoms with van der Waals surface area (Å²) in [5.74, 6) is 0.169. The number of hydrogen-bond acceptors (Lipinski definition) is 2. The summed E-state index contributed by atoms with van der Waals surface area (Å²) in [6.07, 6.45) is 1.69. The number of aryl methyl sites for hydroxylation is 2. The van der Waals surface area contributed by atoms with E-state index in [1.165, 1.54) is 0 Å². The average molecular weight is 391 g/mol. The first kappa shape index (κ1) is 19.2. The zero-order valence-electron chi connectivity index (χ0n) is 15.2. The van der Waals surface area contributed by atoms with Crippen molar-refractivity contribution in [3.63, 3.8) is 0 Å². The number of halogens is 2. The Labute approximate surface area is 165 Å². The molecule has 0 aromatic heterocycles. The standard InChI is InChI=1S/C21H24Cl2N2O/c1-14-6-7-15(2)20(12-14)24-21(26)16-8-10-25(11-9-16)13-17-18(22)4-3-5-19(17)23/h3-7,12,16H,8-11,13H2,1-2H3,(H,24,26). The van der Waals surface area contributed by atoms with E-state index in [1.54, 1.807) is 0 Å². The van der Waals surface area contributed by atoms with Gasteiger partial charge in [-0.05, 0) is 69.1 Å². The van der Waals surface area contributed by atoms with E-state index < -0.39 is 0 Å². The fourth-order valence-corrected chi connectivity index (χ4v) is 3.88. The lowest BCUT2D eigenvalue weighted by molar-refractivity contribution is -0.121. The topological polar surface area (TPSA) is 32.3 Å². The molecule has 3 nitrogen and oxygen atoms in total. The van der Waals surface area contributed by atoms with E-state index in [9.17, 15) is 4.79 Å². The summed E-state index contributed by atoms with van der Waals surface area (Å²) in [5, 5.41) is 4.51. The van der Waals surface area contributed by atoms with Crippen LogP contribution in [0.25, 0.3) is 0 Å². The van der Waals surface area contributed by atoms with E-state index in [0.717, 1.165) is 54.9 Å². The summed E-state index contributed by atoms with van der Waals surface area (Å²) in [5.41, 5.74) is 4.13. The van der Waals surface area contributed by atoms with Gasteiger partial charge in [-0.2, -0.15) is 0 Å². The molecule has 1 N–H and O–H groups in total. The lowest BCUT2D eigenvalue weighted by atomic mass is 9.95. The molecule has 1 aliphatic heterocycles. The first-order chi connectivity index (χ1) is 12.4. The molecule has 26 heavy (non-hydrogen) atoms. The molecule has 2 aromatic carbocycles. The van der Waals surface area contributed by atoms with Crippen molar-refractivity contribution in [2.75, 3.05) is 18.4 Å². The summed E-state index contributed by atoms with van der Waals surface area (Å²) in [6, 6.07) is 11.7. The minimum absolute atomic E-state index is 0.0490. The van der Waals surface area contributed by atoms with Crippen molar-refractivity contribution in [3.8, 4) is 0 Å². The Balaban J connectivity index is 1.56. The van der Waals surface area contributed by atoms with Crippen LogP contribution < -0.4 is 5.32 Å². The largest absolute Gasteiger partial charge is 0.326 e. The highest BCUT2D eigenvalue weighted by molar-refractivity contribution is 6.35. The van der Waals surface area contributed by atoms with Gasteiger partial charge in [0.05, 0.1) is 0 Å². The van der Waals surface area contributed by atoms with E-state index in [1.807, 2.05) is 44.2 Å². The zero-order chi connectivity index (χ0) is 18.7. The summed E-state index contributed by atoms with van der Waals surface area (Å²) < 4.78 is 0. The molecule has 1 aliphatic rings. The monoisotopic (exact) mass is 390 g/mol. The van der Waals surface area contributed by atoms with Gasteiger partial charge in [0.1, 0.15) is 0 Å². The first-order valence-corrected chi connectivity index (χ1v) is 9.73. The Kier molecular flexibility index (Phi) is 6.23. The lowest BCUT2D eigenvalue weighted by Crippen LogP contribution is -2.38. The van der Waals surface area contributed by atoms with Crippen molar-refractivity contribution in [1.82, 2.24) is 4.90 Å². The Morgan fingerprint density at radius 1 is 1.12 bits per heavy atom. The van der Waals surface area contributed by atoms with Crippen LogP contribution in [0.15, 0.2) is 36.4 Å². The van der Waals surface area contributed by atoms with Gasteiger partial charge in [-0.15, -0.1) is 0 Å². The second-order valence-corrected chi connectivity index (χ2v) is 7.87. The van der Waals surface area contributed by atoms with Gasteiger partial charge in [-0.1, -0.05) is 41.4 Å². The minimum Gasteiger partial charge on any atom is -0.326 e. The number of amides is 1. The fourth-order valence-electron chi connectivity index (χ4n) is 3.37. The zero-order valence-corrected chi connectivity index (χ0v) is 16.7. The first-order valence-electron chi connectivity index (χ1n) is 8.97. The molecule has 2 aromatic rings. The second kappa shape index (κ2) is 8.43. The molecule has 1 amide bonds. The van der Waals surface area contributed by atoms with Crippen LogP contribution in [0, 0.1) is 19.8 Å². The molecule has 0 atom stereocenters. The van der Waals surface area contributed by atoms with Crippen molar-refractivity contribution in [2.24, 2.45) is 5.92 Å². The third-order valence-electron chi connectivity index (χ3n) is 5.05. The molecule has 1 fully saturated rings. The van der Waals surface area contributed by atoms with Crippen LogP contribution in [0.2, 0.25) is 10.0 Å². The maximum absolute atomic E-state index is 12.6. The molecule has 0 saturated carbocycles. The Bertz CT molecular complexity index is 778. The van der Waals surface area contributed by atoms with E-state index in [4.69, 9.17) is 23.2 Å². The number of carbonyl (C=O) groups excluding carboxylic acids is 1. The number of benzene rings is 2. The molecule has 1 heterocycles. The molecule has 3 rings (SSSR count). The number of anilines is 1. The molecule has 0 aliphatic carbocycles. The predicted molar refractivity (Wildman–Crippen MR) is 109 cm³/mol. The maximum atomic E-state index is 12.6. The Morgan fingerprint density at radius 3 is 2.42 bits per heavy atom. The molecule has 0 radical (unpaired) electrons. The maximum Gasteiger partial charge on any atom is 0.227 e. The van der Waals surface area contributed by atoms with Crippen LogP contribution in [0.5, 0.6) is 0 Å². The molecular weight excluding hydrogens is 367 g/mol. The third kappa shape index (κ3) is 4.59. The third-order valence-corrected chi connectivity index (χ3v) is 5.76. The van der Waals surface area contributed by atoms with Crippen LogP contribution in [-0.2, 0) is 11.3 Å². The van der Waals surface area contributed by atoms with E-state index in [2.05, 4.69) is 16.3 Å². The van der Waals surface area contributed by atoms with Gasteiger partial charge in [0, 0.05) is 33.8 Å². The van der Waals surface area contributed by atoms with E-state index in [0.29, 0.717) is 10.0 Å². The van der Waals surface area contributed by atoms with Gasteiger partial charge in [-0.25, -0.2) is 0 Å². The van der Waals surface area contributed by atoms with Crippen LogP contribution in [-0.4, -0.2) is 23.9 Å². The number of piperidine rings is 1. The number of rotatable bonds is 4. The quantitative estimate of drug-likeness (QED) is 0.751. The van der Waals surface area contributed by atoms with Crippen molar-refractivity contribution < 1.29 is 4.79 Å². The van der Waals surface area contributed by atoms with E-state index >= 15 is 0 Å². The fraction of sp³-hybridized carbons (Fsp3) is 0.381. The minimum atomic E-state index is 0.0490. The summed E-state index contributed by atoms with van der Waals surface area (Å²) in [4.78, 5) is 14.9. The highest BCUT2D eigenvalue weighted by Gasteiger charge is 2.26. The molecule has 0 spiro atoms. The number of likely N-dealkylation sites (tertiary alicyclic amines) is 1. The van der Waals surface area contributed by atoms with Crippen LogP contribution >= 0.6 is 23.2 Å². The molecule has 1 saturated heterocycles. The van der Waals surface area contributed by atoms with Crippen LogP contribution in [0.3, 0.4) is 0 Å². The predicted octanol–water partition coefficient (Wildman–Crippen LogP) is 5.46. The van der Waals surface area contributed by atoms with Gasteiger partial charge in [0.25, 0.3) is 0 Å². The molecule has 0 unspecified atom stereocenters. The van der Waals surface area contributed by atoms with Crippen molar-refractivity contribution in [3.05, 3.63) is 63.1 Å². The molecule has 138 valence electrons. The van der Waals surface area contributed by atoms with Crippen molar-refractivity contribution in [2.45, 2.75) is 33.2 Å². The summed E-state index contributed by atoms with van der Waals surface area (Å²) in [6.45, 7) is 6.52. The van der Waals surface area contributed by atoms with Crippen LogP contribution in [0.4, 0.5) is 5.69 Å².